The Balaban J connectivity index is 1.73. The topological polar surface area (TPSA) is 292 Å². The van der Waals surface area contributed by atoms with E-state index in [0.29, 0.717) is 0 Å². The maximum Gasteiger partial charge on any atom is 0.335 e. The number of rotatable bonds is 20. The molecule has 0 aliphatic heterocycles. The Morgan fingerprint density at radius 3 is 1.98 bits per heavy atom. The van der Waals surface area contributed by atoms with Gasteiger partial charge in [-0.1, -0.05) is 52.0 Å². The molecule has 0 aliphatic rings. The summed E-state index contributed by atoms with van der Waals surface area (Å²) in [6.45, 7) is 6.59. The largest absolute Gasteiger partial charge is 0.478 e. The minimum atomic E-state index is -1.81. The normalized spacial score (nSPS) is 13.7. The summed E-state index contributed by atoms with van der Waals surface area (Å²) in [7, 11) is 0. The first kappa shape index (κ1) is 45.4. The lowest BCUT2D eigenvalue weighted by Gasteiger charge is -2.29. The average Bonchev–Trinajstić information content (AvgIpc) is 3.16. The number of carboxylic acid groups (broad SMARTS) is 2. The number of aliphatic hydroxyl groups is 1. The molecule has 0 spiro atoms. The van der Waals surface area contributed by atoms with Crippen LogP contribution in [0.4, 0.5) is 11.4 Å². The smallest absolute Gasteiger partial charge is 0.335 e. The second-order valence-corrected chi connectivity index (χ2v) is 15.0. The lowest BCUT2D eigenvalue weighted by molar-refractivity contribution is -0.134. The van der Waals surface area contributed by atoms with Gasteiger partial charge in [0, 0.05) is 34.1 Å². The summed E-state index contributed by atoms with van der Waals surface area (Å²) in [4.78, 5) is 90.2. The first-order valence-corrected chi connectivity index (χ1v) is 18.9. The van der Waals surface area contributed by atoms with Gasteiger partial charge in [-0.3, -0.25) is 24.0 Å². The van der Waals surface area contributed by atoms with Crippen LogP contribution in [0.25, 0.3) is 0 Å². The van der Waals surface area contributed by atoms with Gasteiger partial charge in [-0.15, -0.1) is 11.8 Å². The van der Waals surface area contributed by atoms with Crippen molar-refractivity contribution in [2.45, 2.75) is 69.3 Å². The lowest BCUT2D eigenvalue weighted by atomic mass is 9.99. The molecular formula is C39H49N7O10S. The molecule has 57 heavy (non-hydrogen) atoms. The van der Waals surface area contributed by atoms with Crippen LogP contribution < -0.4 is 38.1 Å². The van der Waals surface area contributed by atoms with E-state index < -0.39 is 77.7 Å². The Morgan fingerprint density at radius 1 is 0.719 bits per heavy atom. The Labute approximate surface area is 333 Å². The molecule has 1 unspecified atom stereocenters. The summed E-state index contributed by atoms with van der Waals surface area (Å²) in [6, 6.07) is 13.2. The van der Waals surface area contributed by atoms with Crippen molar-refractivity contribution in [3.8, 4) is 0 Å². The van der Waals surface area contributed by atoms with Crippen LogP contribution in [-0.2, 0) is 19.2 Å². The molecule has 12 N–H and O–H groups in total. The predicted octanol–water partition coefficient (Wildman–Crippen LogP) is 1.67. The van der Waals surface area contributed by atoms with Gasteiger partial charge >= 0.3 is 11.9 Å². The molecule has 3 aromatic rings. The molecule has 0 radical (unpaired) electrons. The zero-order chi connectivity index (χ0) is 42.4. The molecule has 5 atom stereocenters. The van der Waals surface area contributed by atoms with Gasteiger partial charge in [0.05, 0.1) is 17.2 Å². The Hall–Kier alpha value is -5.98. The van der Waals surface area contributed by atoms with Crippen LogP contribution in [0.15, 0.2) is 77.7 Å². The maximum absolute atomic E-state index is 13.9. The molecule has 18 heteroatoms. The molecule has 3 rings (SSSR count). The molecular weight excluding hydrogens is 759 g/mol. The molecule has 0 saturated heterocycles. The van der Waals surface area contributed by atoms with Gasteiger partial charge < -0.3 is 53.4 Å². The van der Waals surface area contributed by atoms with Crippen molar-refractivity contribution in [2.75, 3.05) is 23.3 Å². The number of anilines is 2. The van der Waals surface area contributed by atoms with Crippen molar-refractivity contribution in [3.63, 3.8) is 0 Å². The van der Waals surface area contributed by atoms with E-state index in [1.165, 1.54) is 48.2 Å². The number of hydrogen-bond acceptors (Lipinski definition) is 11. The van der Waals surface area contributed by atoms with E-state index in [0.717, 1.165) is 11.0 Å². The molecule has 17 nitrogen and oxygen atoms in total. The van der Waals surface area contributed by atoms with Crippen molar-refractivity contribution in [3.05, 3.63) is 89.5 Å². The van der Waals surface area contributed by atoms with Crippen LogP contribution in [0.1, 0.15) is 65.2 Å². The second kappa shape index (κ2) is 21.4. The van der Waals surface area contributed by atoms with E-state index in [2.05, 4.69) is 26.6 Å². The quantitative estimate of drug-likeness (QED) is 0.0575. The SMILES string of the molecule is CC(C)C[C@H](NC(=O)[C@@H](NC(=O)[C@@H](N)CNC(=O)c1cc(N)cc(C(=O)O)c1)C(C)C)C(=O)NC(CSc1ccccc1)[C@@H](O)C(=O)Nc1cccc(C(=O)O)c1. The number of nitrogen functional groups attached to an aromatic ring is 1. The number of aliphatic hydroxyl groups excluding tert-OH is 1. The highest BCUT2D eigenvalue weighted by atomic mass is 32.2. The summed E-state index contributed by atoms with van der Waals surface area (Å²) in [5.41, 5.74) is 11.6. The average molecular weight is 808 g/mol. The van der Waals surface area contributed by atoms with Gasteiger partial charge in [0.15, 0.2) is 6.10 Å². The van der Waals surface area contributed by atoms with E-state index in [9.17, 15) is 48.9 Å². The monoisotopic (exact) mass is 807 g/mol. The first-order chi connectivity index (χ1) is 26.9. The van der Waals surface area contributed by atoms with Gasteiger partial charge in [-0.2, -0.15) is 0 Å². The fourth-order valence-electron chi connectivity index (χ4n) is 5.39. The number of amides is 5. The van der Waals surface area contributed by atoms with Gasteiger partial charge in [-0.05, 0) is 66.8 Å². The fourth-order valence-corrected chi connectivity index (χ4v) is 6.38. The predicted molar refractivity (Wildman–Crippen MR) is 213 cm³/mol. The molecule has 306 valence electrons. The number of carboxylic acids is 2. The highest BCUT2D eigenvalue weighted by Crippen LogP contribution is 2.21. The number of benzene rings is 3. The molecule has 5 amide bonds. The Kier molecular flexibility index (Phi) is 17.0. The van der Waals surface area contributed by atoms with Crippen LogP contribution >= 0.6 is 11.8 Å². The molecule has 0 fully saturated rings. The summed E-state index contributed by atoms with van der Waals surface area (Å²) >= 11 is 1.26. The van der Waals surface area contributed by atoms with Crippen LogP contribution in [0.2, 0.25) is 0 Å². The van der Waals surface area contributed by atoms with Crippen molar-refractivity contribution in [2.24, 2.45) is 17.6 Å². The van der Waals surface area contributed by atoms with Crippen LogP contribution in [0.5, 0.6) is 0 Å². The highest BCUT2D eigenvalue weighted by Gasteiger charge is 2.34. The van der Waals surface area contributed by atoms with Crippen molar-refractivity contribution < 1.29 is 48.9 Å². The summed E-state index contributed by atoms with van der Waals surface area (Å²) in [5.74, 6) is -6.97. The van der Waals surface area contributed by atoms with Gasteiger partial charge in [0.2, 0.25) is 17.7 Å². The number of nitrogens with one attached hydrogen (secondary N) is 5. The van der Waals surface area contributed by atoms with E-state index in [-0.39, 0.29) is 52.7 Å². The van der Waals surface area contributed by atoms with E-state index in [1.54, 1.807) is 26.0 Å². The van der Waals surface area contributed by atoms with Crippen LogP contribution in [-0.4, -0.2) is 99.4 Å². The summed E-state index contributed by atoms with van der Waals surface area (Å²) in [5, 5.41) is 42.7. The van der Waals surface area contributed by atoms with Crippen molar-refractivity contribution in [1.82, 2.24) is 21.3 Å². The standard InChI is InChI=1S/C39H49N7O10S/c1-20(2)13-29(44-36(51)31(21(3)4)46-34(49)28(41)18-42-33(48)23-14-24(39(55)56)16-25(40)15-23)35(50)45-30(19-57-27-11-6-5-7-12-27)32(47)37(52)43-26-10-8-9-22(17-26)38(53)54/h5-12,14-17,20-21,28-32,47H,13,18-19,40-41H2,1-4H3,(H,42,48)(H,43,52)(H,44,51)(H,45,50)(H,46,49)(H,53,54)(H,55,56)/t28-,29-,30?,31-,32+/m0/s1. The molecule has 0 aromatic heterocycles. The molecule has 3 aromatic carbocycles. The zero-order valence-corrected chi connectivity index (χ0v) is 32.7. The van der Waals surface area contributed by atoms with E-state index >= 15 is 0 Å². The number of carbonyl (C=O) groups is 7. The number of carbonyl (C=O) groups excluding carboxylic acids is 5. The number of aromatic carboxylic acids is 2. The third-order valence-corrected chi connectivity index (χ3v) is 9.53. The Morgan fingerprint density at radius 2 is 1.37 bits per heavy atom. The summed E-state index contributed by atoms with van der Waals surface area (Å²) < 4.78 is 0. The zero-order valence-electron chi connectivity index (χ0n) is 31.9. The van der Waals surface area contributed by atoms with E-state index in [1.807, 2.05) is 32.0 Å². The minimum absolute atomic E-state index is 0.0271. The van der Waals surface area contributed by atoms with Gasteiger partial charge in [0.1, 0.15) is 18.1 Å². The van der Waals surface area contributed by atoms with E-state index in [4.69, 9.17) is 11.5 Å². The molecule has 0 saturated carbocycles. The highest BCUT2D eigenvalue weighted by molar-refractivity contribution is 7.99. The third kappa shape index (κ3) is 14.2. The number of nitrogens with two attached hydrogens (primary N) is 2. The lowest BCUT2D eigenvalue weighted by Crippen LogP contribution is -2.60. The second-order valence-electron chi connectivity index (χ2n) is 13.9. The molecule has 0 heterocycles. The molecule has 0 bridgehead atoms. The van der Waals surface area contributed by atoms with Gasteiger partial charge in [0.25, 0.3) is 11.8 Å². The van der Waals surface area contributed by atoms with Crippen molar-refractivity contribution >= 4 is 64.6 Å². The fraction of sp³-hybridized carbons (Fsp3) is 0.359. The van der Waals surface area contributed by atoms with Crippen LogP contribution in [0, 0.1) is 11.8 Å². The maximum atomic E-state index is 13.9. The van der Waals surface area contributed by atoms with Crippen LogP contribution in [0.3, 0.4) is 0 Å². The minimum Gasteiger partial charge on any atom is -0.478 e. The Bertz CT molecular complexity index is 1930. The molecule has 0 aliphatic carbocycles. The third-order valence-electron chi connectivity index (χ3n) is 8.40. The first-order valence-electron chi connectivity index (χ1n) is 17.9. The number of thioether (sulfide) groups is 1. The van der Waals surface area contributed by atoms with Gasteiger partial charge in [-0.25, -0.2) is 9.59 Å². The number of hydrogen-bond donors (Lipinski definition) is 10. The summed E-state index contributed by atoms with van der Waals surface area (Å²) in [6.07, 6.45) is -1.67. The van der Waals surface area contributed by atoms with Crippen molar-refractivity contribution in [1.29, 1.82) is 0 Å².